The smallest absolute Gasteiger partial charge is 0.327 e. The second-order valence-electron chi connectivity index (χ2n) is 5.11. The van der Waals surface area contributed by atoms with Crippen LogP contribution in [0.15, 0.2) is 30.3 Å². The Morgan fingerprint density at radius 2 is 2.00 bits per heavy atom. The van der Waals surface area contributed by atoms with Crippen LogP contribution in [0.4, 0.5) is 0 Å². The monoisotopic (exact) mass is 354 g/mol. The summed E-state index contributed by atoms with van der Waals surface area (Å²) in [5.74, 6) is -0.929. The molecule has 0 radical (unpaired) electrons. The molecule has 7 nitrogen and oxygen atoms in total. The number of benzene rings is 1. The van der Waals surface area contributed by atoms with Gasteiger partial charge in [0.05, 0.1) is 19.8 Å². The lowest BCUT2D eigenvalue weighted by molar-refractivity contribution is -0.143. The molecule has 1 rings (SSSR count). The number of hydrogen-bond acceptors (Lipinski definition) is 6. The SMILES string of the molecule is CCOC(=O)CCC(NC(=O)CN)C(COP=O)c1ccccc1. The van der Waals surface area contributed by atoms with Crippen molar-refractivity contribution in [3.63, 3.8) is 0 Å². The third-order valence-electron chi connectivity index (χ3n) is 3.52. The number of esters is 1. The summed E-state index contributed by atoms with van der Waals surface area (Å²) in [4.78, 5) is 23.4. The molecule has 24 heavy (non-hydrogen) atoms. The molecule has 0 fully saturated rings. The second kappa shape index (κ2) is 11.7. The van der Waals surface area contributed by atoms with Crippen LogP contribution in [0, 0.1) is 0 Å². The minimum Gasteiger partial charge on any atom is -0.466 e. The Bertz CT molecular complexity index is 526. The van der Waals surface area contributed by atoms with E-state index in [4.69, 9.17) is 15.0 Å². The zero-order valence-corrected chi connectivity index (χ0v) is 14.5. The van der Waals surface area contributed by atoms with E-state index >= 15 is 0 Å². The van der Waals surface area contributed by atoms with Crippen molar-refractivity contribution in [2.24, 2.45) is 5.73 Å². The molecule has 1 amide bonds. The first-order chi connectivity index (χ1) is 11.6. The van der Waals surface area contributed by atoms with Gasteiger partial charge in [0, 0.05) is 18.4 Å². The van der Waals surface area contributed by atoms with Gasteiger partial charge in [-0.2, -0.15) is 0 Å². The first kappa shape index (κ1) is 20.2. The number of rotatable bonds is 11. The molecular weight excluding hydrogens is 331 g/mol. The largest absolute Gasteiger partial charge is 0.466 e. The molecule has 8 heteroatoms. The molecule has 0 aliphatic carbocycles. The summed E-state index contributed by atoms with van der Waals surface area (Å²) < 4.78 is 20.6. The number of ether oxygens (including phenoxy) is 1. The van der Waals surface area contributed by atoms with Crippen LogP contribution in [0.25, 0.3) is 0 Å². The van der Waals surface area contributed by atoms with Gasteiger partial charge in [-0.1, -0.05) is 30.3 Å². The van der Waals surface area contributed by atoms with Crippen molar-refractivity contribution < 1.29 is 23.4 Å². The normalized spacial score (nSPS) is 13.2. The average molecular weight is 354 g/mol. The number of carbonyl (C=O) groups excluding carboxylic acids is 2. The number of amides is 1. The van der Waals surface area contributed by atoms with Gasteiger partial charge < -0.3 is 15.8 Å². The Labute approximate surface area is 143 Å². The highest BCUT2D eigenvalue weighted by molar-refractivity contribution is 7.17. The van der Waals surface area contributed by atoms with Gasteiger partial charge in [-0.15, -0.1) is 0 Å². The zero-order chi connectivity index (χ0) is 17.8. The molecule has 0 saturated carbocycles. The summed E-state index contributed by atoms with van der Waals surface area (Å²) in [6.07, 6.45) is 0.519. The van der Waals surface area contributed by atoms with Gasteiger partial charge in [-0.3, -0.25) is 14.1 Å². The van der Waals surface area contributed by atoms with Crippen molar-refractivity contribution in [2.75, 3.05) is 19.8 Å². The van der Waals surface area contributed by atoms with E-state index in [1.807, 2.05) is 30.3 Å². The van der Waals surface area contributed by atoms with E-state index in [1.165, 1.54) is 0 Å². The van der Waals surface area contributed by atoms with Crippen LogP contribution in [-0.2, 0) is 23.4 Å². The van der Waals surface area contributed by atoms with Crippen molar-refractivity contribution in [3.8, 4) is 0 Å². The molecule has 0 aromatic heterocycles. The quantitative estimate of drug-likeness (QED) is 0.463. The maximum Gasteiger partial charge on any atom is 0.327 e. The van der Waals surface area contributed by atoms with Crippen molar-refractivity contribution >= 4 is 20.6 Å². The fraction of sp³-hybridized carbons (Fsp3) is 0.500. The molecule has 0 saturated heterocycles. The highest BCUT2D eigenvalue weighted by atomic mass is 31.1. The van der Waals surface area contributed by atoms with Crippen LogP contribution < -0.4 is 11.1 Å². The van der Waals surface area contributed by atoms with Gasteiger partial charge in [0.25, 0.3) is 0 Å². The van der Waals surface area contributed by atoms with Crippen LogP contribution in [-0.4, -0.2) is 37.7 Å². The Morgan fingerprint density at radius 3 is 2.58 bits per heavy atom. The third-order valence-corrected chi connectivity index (χ3v) is 3.77. The van der Waals surface area contributed by atoms with E-state index in [0.29, 0.717) is 13.0 Å². The van der Waals surface area contributed by atoms with Crippen LogP contribution >= 0.6 is 8.69 Å². The van der Waals surface area contributed by atoms with Crippen LogP contribution in [0.1, 0.15) is 31.2 Å². The number of hydrogen-bond donors (Lipinski definition) is 2. The molecule has 132 valence electrons. The molecule has 0 aliphatic rings. The summed E-state index contributed by atoms with van der Waals surface area (Å²) in [6, 6.07) is 8.99. The van der Waals surface area contributed by atoms with Gasteiger partial charge in [0.2, 0.25) is 5.91 Å². The van der Waals surface area contributed by atoms with Gasteiger partial charge in [-0.05, 0) is 18.9 Å². The van der Waals surface area contributed by atoms with E-state index in [0.717, 1.165) is 5.56 Å². The predicted octanol–water partition coefficient (Wildman–Crippen LogP) is 1.78. The minimum absolute atomic E-state index is 0.132. The van der Waals surface area contributed by atoms with Gasteiger partial charge in [0.1, 0.15) is 0 Å². The lowest BCUT2D eigenvalue weighted by Gasteiger charge is -2.27. The number of nitrogens with two attached hydrogens (primary N) is 1. The number of carbonyl (C=O) groups is 2. The molecule has 0 spiro atoms. The average Bonchev–Trinajstić information content (AvgIpc) is 2.60. The van der Waals surface area contributed by atoms with Crippen molar-refractivity contribution in [2.45, 2.75) is 31.7 Å². The predicted molar refractivity (Wildman–Crippen MR) is 89.6 cm³/mol. The van der Waals surface area contributed by atoms with Crippen LogP contribution in [0.5, 0.6) is 0 Å². The minimum atomic E-state index is -0.439. The van der Waals surface area contributed by atoms with Crippen molar-refractivity contribution in [3.05, 3.63) is 35.9 Å². The van der Waals surface area contributed by atoms with Crippen LogP contribution in [0.3, 0.4) is 0 Å². The summed E-state index contributed by atoms with van der Waals surface area (Å²) in [6.45, 7) is 2.02. The highest BCUT2D eigenvalue weighted by Gasteiger charge is 2.26. The molecular formula is C16H23N2O5P. The Morgan fingerprint density at radius 1 is 1.29 bits per heavy atom. The maximum absolute atomic E-state index is 11.7. The first-order valence-electron chi connectivity index (χ1n) is 7.77. The summed E-state index contributed by atoms with van der Waals surface area (Å²) in [5, 5.41) is 2.81. The van der Waals surface area contributed by atoms with Crippen LogP contribution in [0.2, 0.25) is 0 Å². The molecule has 1 aromatic carbocycles. The Kier molecular flexibility index (Phi) is 9.84. The molecule has 0 heterocycles. The molecule has 1 aromatic rings. The molecule has 3 N–H and O–H groups in total. The number of nitrogens with one attached hydrogen (secondary N) is 1. The molecule has 2 unspecified atom stereocenters. The van der Waals surface area contributed by atoms with Gasteiger partial charge >= 0.3 is 14.7 Å². The Hall–Kier alpha value is -1.82. The fourth-order valence-electron chi connectivity index (χ4n) is 2.40. The van der Waals surface area contributed by atoms with Crippen molar-refractivity contribution in [1.82, 2.24) is 5.32 Å². The Balaban J connectivity index is 2.93. The lowest BCUT2D eigenvalue weighted by Crippen LogP contribution is -2.43. The summed E-state index contributed by atoms with van der Waals surface area (Å²) in [7, 11) is -0.439. The lowest BCUT2D eigenvalue weighted by atomic mass is 9.89. The molecule has 0 bridgehead atoms. The van der Waals surface area contributed by atoms with Crippen molar-refractivity contribution in [1.29, 1.82) is 0 Å². The maximum atomic E-state index is 11.7. The topological polar surface area (TPSA) is 108 Å². The van der Waals surface area contributed by atoms with Gasteiger partial charge in [-0.25, -0.2) is 4.57 Å². The van der Waals surface area contributed by atoms with E-state index < -0.39 is 14.7 Å². The highest BCUT2D eigenvalue weighted by Crippen LogP contribution is 2.25. The zero-order valence-electron chi connectivity index (χ0n) is 13.6. The second-order valence-corrected chi connectivity index (χ2v) is 5.52. The fourth-order valence-corrected chi connectivity index (χ4v) is 2.62. The van der Waals surface area contributed by atoms with E-state index in [9.17, 15) is 14.2 Å². The third kappa shape index (κ3) is 7.17. The van der Waals surface area contributed by atoms with E-state index in [-0.39, 0.29) is 37.4 Å². The molecule has 2 atom stereocenters. The summed E-state index contributed by atoms with van der Waals surface area (Å²) in [5.41, 5.74) is 6.29. The van der Waals surface area contributed by atoms with E-state index in [1.54, 1.807) is 6.92 Å². The van der Waals surface area contributed by atoms with Gasteiger partial charge in [0.15, 0.2) is 0 Å². The standard InChI is InChI=1S/C16H23N2O5P/c1-2-22-16(20)9-8-14(18-15(19)10-17)13(11-23-24-21)12-6-4-3-5-7-12/h3-7,13-14H,2,8-11,17H2,1H3,(H,18,19). The summed E-state index contributed by atoms with van der Waals surface area (Å²) >= 11 is 0. The van der Waals surface area contributed by atoms with E-state index in [2.05, 4.69) is 5.32 Å². The first-order valence-corrected chi connectivity index (χ1v) is 8.50. The molecule has 0 aliphatic heterocycles.